The van der Waals surface area contributed by atoms with Gasteiger partial charge in [0.2, 0.25) is 0 Å². The van der Waals surface area contributed by atoms with E-state index >= 15 is 0 Å². The van der Waals surface area contributed by atoms with Crippen LogP contribution < -0.4 is 0 Å². The Hall–Kier alpha value is -0.610. The van der Waals surface area contributed by atoms with Crippen molar-refractivity contribution in [3.05, 3.63) is 0 Å². The first-order chi connectivity index (χ1) is 8.91. The van der Waals surface area contributed by atoms with Crippen molar-refractivity contribution >= 4 is 5.97 Å². The molecule has 2 aliphatic carbocycles. The summed E-state index contributed by atoms with van der Waals surface area (Å²) in [6.07, 6.45) is 6.71. The SMILES string of the molecule is CC1(C)CC2(C34CCCCC3O4)OC2CC1C(=O)O. The zero-order chi connectivity index (χ0) is 13.5. The molecule has 0 bridgehead atoms. The van der Waals surface area contributed by atoms with E-state index in [-0.39, 0.29) is 28.6 Å². The largest absolute Gasteiger partial charge is 0.481 e. The van der Waals surface area contributed by atoms with Crippen LogP contribution in [-0.4, -0.2) is 34.5 Å². The molecule has 0 aromatic carbocycles. The van der Waals surface area contributed by atoms with Gasteiger partial charge in [0.1, 0.15) is 11.2 Å². The first-order valence-electron chi connectivity index (χ1n) is 7.50. The number of carbonyl (C=O) groups is 1. The van der Waals surface area contributed by atoms with Gasteiger partial charge in [-0.1, -0.05) is 26.7 Å². The number of hydrogen-bond donors (Lipinski definition) is 1. The van der Waals surface area contributed by atoms with Crippen LogP contribution in [0.1, 0.15) is 52.4 Å². The van der Waals surface area contributed by atoms with Crippen LogP contribution in [0, 0.1) is 11.3 Å². The zero-order valence-electron chi connectivity index (χ0n) is 11.6. The molecule has 5 atom stereocenters. The lowest BCUT2D eigenvalue weighted by Crippen LogP contribution is -2.49. The van der Waals surface area contributed by atoms with Gasteiger partial charge in [0.25, 0.3) is 0 Å². The number of fused-ring (bicyclic) bond motifs is 3. The van der Waals surface area contributed by atoms with Gasteiger partial charge in [-0.3, -0.25) is 4.79 Å². The monoisotopic (exact) mass is 266 g/mol. The fraction of sp³-hybridized carbons (Fsp3) is 0.933. The first-order valence-corrected chi connectivity index (χ1v) is 7.50. The number of epoxide rings is 2. The molecule has 2 saturated heterocycles. The second kappa shape index (κ2) is 3.34. The third-order valence-corrected chi connectivity index (χ3v) is 6.02. The summed E-state index contributed by atoms with van der Waals surface area (Å²) in [7, 11) is 0. The predicted octanol–water partition coefficient (Wildman–Crippen LogP) is 2.36. The van der Waals surface area contributed by atoms with E-state index in [4.69, 9.17) is 9.47 Å². The van der Waals surface area contributed by atoms with Crippen molar-refractivity contribution in [1.29, 1.82) is 0 Å². The molecule has 4 nitrogen and oxygen atoms in total. The molecule has 0 amide bonds. The van der Waals surface area contributed by atoms with Crippen LogP contribution >= 0.6 is 0 Å². The van der Waals surface area contributed by atoms with E-state index in [9.17, 15) is 9.90 Å². The molecule has 1 N–H and O–H groups in total. The molecule has 4 aliphatic rings. The molecule has 19 heavy (non-hydrogen) atoms. The highest BCUT2D eigenvalue weighted by Gasteiger charge is 2.82. The van der Waals surface area contributed by atoms with E-state index < -0.39 is 5.97 Å². The Morgan fingerprint density at radius 2 is 1.89 bits per heavy atom. The smallest absolute Gasteiger partial charge is 0.307 e. The molecule has 2 saturated carbocycles. The van der Waals surface area contributed by atoms with E-state index in [1.807, 2.05) is 0 Å². The summed E-state index contributed by atoms with van der Waals surface area (Å²) in [5.74, 6) is -0.964. The summed E-state index contributed by atoms with van der Waals surface area (Å²) >= 11 is 0. The van der Waals surface area contributed by atoms with E-state index in [0.29, 0.717) is 12.5 Å². The maximum absolute atomic E-state index is 11.4. The molecule has 4 heteroatoms. The highest BCUT2D eigenvalue weighted by atomic mass is 16.7. The van der Waals surface area contributed by atoms with Gasteiger partial charge in [-0.05, 0) is 31.1 Å². The molecule has 5 unspecified atom stereocenters. The van der Waals surface area contributed by atoms with Crippen LogP contribution in [0.5, 0.6) is 0 Å². The van der Waals surface area contributed by atoms with Gasteiger partial charge in [0, 0.05) is 0 Å². The van der Waals surface area contributed by atoms with Crippen molar-refractivity contribution in [2.24, 2.45) is 11.3 Å². The third-order valence-electron chi connectivity index (χ3n) is 6.02. The van der Waals surface area contributed by atoms with Crippen molar-refractivity contribution in [1.82, 2.24) is 0 Å². The number of carboxylic acid groups (broad SMARTS) is 1. The zero-order valence-corrected chi connectivity index (χ0v) is 11.6. The number of rotatable bonds is 2. The Labute approximate surface area is 113 Å². The molecular formula is C15H22O4. The van der Waals surface area contributed by atoms with Crippen LogP contribution in [-0.2, 0) is 14.3 Å². The average molecular weight is 266 g/mol. The average Bonchev–Trinajstić information content (AvgIpc) is 3.18. The van der Waals surface area contributed by atoms with Crippen LogP contribution in [0.15, 0.2) is 0 Å². The molecule has 0 radical (unpaired) electrons. The van der Waals surface area contributed by atoms with Gasteiger partial charge in [-0.2, -0.15) is 0 Å². The maximum Gasteiger partial charge on any atom is 0.307 e. The van der Waals surface area contributed by atoms with E-state index in [1.54, 1.807) is 0 Å². The summed E-state index contributed by atoms with van der Waals surface area (Å²) in [5.41, 5.74) is -0.425. The summed E-state index contributed by atoms with van der Waals surface area (Å²) in [4.78, 5) is 11.4. The summed E-state index contributed by atoms with van der Waals surface area (Å²) < 4.78 is 12.1. The Bertz CT molecular complexity index is 445. The second-order valence-electron chi connectivity index (χ2n) is 7.53. The predicted molar refractivity (Wildman–Crippen MR) is 67.8 cm³/mol. The van der Waals surface area contributed by atoms with Crippen LogP contribution in [0.2, 0.25) is 0 Å². The van der Waals surface area contributed by atoms with Crippen molar-refractivity contribution < 1.29 is 19.4 Å². The number of carboxylic acids is 1. The van der Waals surface area contributed by atoms with Crippen LogP contribution in [0.3, 0.4) is 0 Å². The summed E-state index contributed by atoms with van der Waals surface area (Å²) in [5, 5.41) is 9.39. The summed E-state index contributed by atoms with van der Waals surface area (Å²) in [6, 6.07) is 0. The molecule has 0 aromatic heterocycles. The number of hydrogen-bond acceptors (Lipinski definition) is 3. The van der Waals surface area contributed by atoms with Gasteiger partial charge in [0.05, 0.1) is 18.1 Å². The van der Waals surface area contributed by atoms with Crippen LogP contribution in [0.4, 0.5) is 0 Å². The minimum Gasteiger partial charge on any atom is -0.481 e. The topological polar surface area (TPSA) is 62.4 Å². The van der Waals surface area contributed by atoms with Crippen LogP contribution in [0.25, 0.3) is 0 Å². The molecule has 2 aliphatic heterocycles. The molecule has 2 heterocycles. The van der Waals surface area contributed by atoms with Gasteiger partial charge >= 0.3 is 5.97 Å². The number of ether oxygens (including phenoxy) is 2. The minimum atomic E-state index is -0.677. The molecular weight excluding hydrogens is 244 g/mol. The molecule has 4 fully saturated rings. The first kappa shape index (κ1) is 12.2. The quantitative estimate of drug-likeness (QED) is 0.779. The lowest BCUT2D eigenvalue weighted by molar-refractivity contribution is -0.147. The van der Waals surface area contributed by atoms with Gasteiger partial charge in [-0.25, -0.2) is 0 Å². The van der Waals surface area contributed by atoms with Crippen molar-refractivity contribution in [3.8, 4) is 0 Å². The van der Waals surface area contributed by atoms with Gasteiger partial charge in [0.15, 0.2) is 0 Å². The van der Waals surface area contributed by atoms with E-state index in [0.717, 1.165) is 19.3 Å². The highest BCUT2D eigenvalue weighted by molar-refractivity contribution is 5.71. The number of aliphatic carboxylic acids is 1. The van der Waals surface area contributed by atoms with E-state index in [1.165, 1.54) is 12.8 Å². The fourth-order valence-electron chi connectivity index (χ4n) is 4.94. The lowest BCUT2D eigenvalue weighted by atomic mass is 9.60. The molecule has 0 aromatic rings. The molecule has 106 valence electrons. The normalized spacial score (nSPS) is 53.9. The Kier molecular flexibility index (Phi) is 2.14. The highest BCUT2D eigenvalue weighted by Crippen LogP contribution is 2.70. The van der Waals surface area contributed by atoms with Gasteiger partial charge in [-0.15, -0.1) is 0 Å². The maximum atomic E-state index is 11.4. The Morgan fingerprint density at radius 3 is 2.58 bits per heavy atom. The molecule has 0 spiro atoms. The molecule has 4 rings (SSSR count). The lowest BCUT2D eigenvalue weighted by Gasteiger charge is -2.40. The minimum absolute atomic E-state index is 0.0589. The van der Waals surface area contributed by atoms with Crippen molar-refractivity contribution in [2.75, 3.05) is 0 Å². The van der Waals surface area contributed by atoms with E-state index in [2.05, 4.69) is 13.8 Å². The fourth-order valence-corrected chi connectivity index (χ4v) is 4.94. The Balaban J connectivity index is 1.62. The van der Waals surface area contributed by atoms with Crippen molar-refractivity contribution in [3.63, 3.8) is 0 Å². The summed E-state index contributed by atoms with van der Waals surface area (Å²) in [6.45, 7) is 4.14. The Morgan fingerprint density at radius 1 is 1.16 bits per heavy atom. The van der Waals surface area contributed by atoms with Gasteiger partial charge < -0.3 is 14.6 Å². The third kappa shape index (κ3) is 1.39. The second-order valence-corrected chi connectivity index (χ2v) is 7.53. The van der Waals surface area contributed by atoms with Crippen molar-refractivity contribution in [2.45, 2.75) is 75.8 Å². The standard InChI is InChI=1S/C15H22O4/c1-13(2)8-15(11(19-15)7-9(13)12(16)17)14-6-4-3-5-10(14)18-14/h9-11H,3-8H2,1-2H3,(H,16,17).